The van der Waals surface area contributed by atoms with Crippen molar-refractivity contribution in [3.8, 4) is 6.01 Å². The Labute approximate surface area is 103 Å². The first-order valence-electron chi connectivity index (χ1n) is 5.28. The molecule has 0 amide bonds. The van der Waals surface area contributed by atoms with E-state index in [2.05, 4.69) is 37.8 Å². The van der Waals surface area contributed by atoms with Gasteiger partial charge in [0.2, 0.25) is 0 Å². The topological polar surface area (TPSA) is 64.3 Å². The number of nitrogens with zero attached hydrogens (tertiary/aromatic N) is 3. The number of hydrogen-bond acceptors (Lipinski definition) is 5. The molecule has 0 aliphatic heterocycles. The molecule has 2 N–H and O–H groups in total. The fourth-order valence-corrected chi connectivity index (χ4v) is 1.84. The smallest absolute Gasteiger partial charge is 0.319 e. The van der Waals surface area contributed by atoms with Gasteiger partial charge in [0.05, 0.1) is 0 Å². The quantitative estimate of drug-likeness (QED) is 0.827. The van der Waals surface area contributed by atoms with Crippen molar-refractivity contribution in [1.82, 2.24) is 14.9 Å². The van der Waals surface area contributed by atoms with Gasteiger partial charge in [-0.15, -0.1) is 0 Å². The zero-order valence-electron chi connectivity index (χ0n) is 9.19. The first-order valence-corrected chi connectivity index (χ1v) is 6.07. The number of nitrogen functional groups attached to an aromatic ring is 1. The molecule has 0 unspecified atom stereocenters. The second-order valence-corrected chi connectivity index (χ2v) is 4.77. The van der Waals surface area contributed by atoms with Crippen LogP contribution in [0.15, 0.2) is 10.7 Å². The standard InChI is InChI=1S/C10H15BrN4O/c1-15(7-2-3-7)4-5-16-10-13-8(11)6-9(12)14-10/h6-7H,2-5H2,1H3,(H2,12,13,14). The highest BCUT2D eigenvalue weighted by Crippen LogP contribution is 2.24. The van der Waals surface area contributed by atoms with E-state index >= 15 is 0 Å². The number of ether oxygens (including phenoxy) is 1. The first kappa shape index (κ1) is 11.6. The van der Waals surface area contributed by atoms with Crippen LogP contribution in [-0.4, -0.2) is 41.1 Å². The average Bonchev–Trinajstić information content (AvgIpc) is 2.98. The molecule has 1 aliphatic carbocycles. The van der Waals surface area contributed by atoms with E-state index in [0.717, 1.165) is 12.6 Å². The maximum atomic E-state index is 5.58. The number of hydrogen-bond donors (Lipinski definition) is 1. The molecule has 0 bridgehead atoms. The third-order valence-corrected chi connectivity index (χ3v) is 2.95. The van der Waals surface area contributed by atoms with Crippen LogP contribution in [0.5, 0.6) is 6.01 Å². The molecule has 1 aliphatic rings. The van der Waals surface area contributed by atoms with E-state index in [-0.39, 0.29) is 0 Å². The van der Waals surface area contributed by atoms with Crippen LogP contribution < -0.4 is 10.5 Å². The number of anilines is 1. The van der Waals surface area contributed by atoms with E-state index in [0.29, 0.717) is 23.0 Å². The lowest BCUT2D eigenvalue weighted by Gasteiger charge is -2.15. The summed E-state index contributed by atoms with van der Waals surface area (Å²) < 4.78 is 6.09. The van der Waals surface area contributed by atoms with Crippen LogP contribution in [0.1, 0.15) is 12.8 Å². The molecule has 0 aromatic carbocycles. The zero-order valence-corrected chi connectivity index (χ0v) is 10.8. The van der Waals surface area contributed by atoms with Gasteiger partial charge in [0.15, 0.2) is 0 Å². The lowest BCUT2D eigenvalue weighted by atomic mass is 10.5. The van der Waals surface area contributed by atoms with Crippen LogP contribution in [0.3, 0.4) is 0 Å². The van der Waals surface area contributed by atoms with Gasteiger partial charge in [0.1, 0.15) is 17.0 Å². The molecule has 0 saturated heterocycles. The monoisotopic (exact) mass is 286 g/mol. The van der Waals surface area contributed by atoms with Crippen molar-refractivity contribution >= 4 is 21.7 Å². The van der Waals surface area contributed by atoms with Gasteiger partial charge in [0, 0.05) is 18.7 Å². The normalized spacial score (nSPS) is 15.4. The highest BCUT2D eigenvalue weighted by Gasteiger charge is 2.25. The van der Waals surface area contributed by atoms with Gasteiger partial charge in [0.25, 0.3) is 0 Å². The van der Waals surface area contributed by atoms with E-state index in [4.69, 9.17) is 10.5 Å². The Bertz CT molecular complexity index is 350. The molecular formula is C10H15BrN4O. The van der Waals surface area contributed by atoms with Gasteiger partial charge in [-0.05, 0) is 35.8 Å². The molecule has 1 aromatic rings. The predicted molar refractivity (Wildman–Crippen MR) is 65.3 cm³/mol. The Morgan fingerprint density at radius 3 is 2.94 bits per heavy atom. The van der Waals surface area contributed by atoms with Gasteiger partial charge in [-0.1, -0.05) is 0 Å². The third kappa shape index (κ3) is 3.31. The Morgan fingerprint density at radius 1 is 1.56 bits per heavy atom. The van der Waals surface area contributed by atoms with Crippen molar-refractivity contribution in [2.45, 2.75) is 18.9 Å². The molecule has 16 heavy (non-hydrogen) atoms. The summed E-state index contributed by atoms with van der Waals surface area (Å²) in [4.78, 5) is 10.4. The molecule has 1 saturated carbocycles. The Morgan fingerprint density at radius 2 is 2.31 bits per heavy atom. The summed E-state index contributed by atoms with van der Waals surface area (Å²) in [5.41, 5.74) is 5.58. The molecule has 6 heteroatoms. The minimum atomic E-state index is 0.330. The Balaban J connectivity index is 1.79. The highest BCUT2D eigenvalue weighted by atomic mass is 79.9. The lowest BCUT2D eigenvalue weighted by molar-refractivity contribution is 0.220. The van der Waals surface area contributed by atoms with Crippen LogP contribution in [0.4, 0.5) is 5.82 Å². The van der Waals surface area contributed by atoms with Gasteiger partial charge in [-0.25, -0.2) is 0 Å². The SMILES string of the molecule is CN(CCOc1nc(N)cc(Br)n1)C1CC1. The van der Waals surface area contributed by atoms with Gasteiger partial charge in [-0.2, -0.15) is 9.97 Å². The number of halogens is 1. The largest absolute Gasteiger partial charge is 0.462 e. The van der Waals surface area contributed by atoms with E-state index in [1.807, 2.05) is 0 Å². The summed E-state index contributed by atoms with van der Waals surface area (Å²) in [5.74, 6) is 0.410. The molecule has 1 fully saturated rings. The van der Waals surface area contributed by atoms with Crippen molar-refractivity contribution < 1.29 is 4.74 Å². The van der Waals surface area contributed by atoms with Crippen molar-refractivity contribution in [2.24, 2.45) is 0 Å². The Hall–Kier alpha value is -0.880. The fourth-order valence-electron chi connectivity index (χ4n) is 1.46. The maximum Gasteiger partial charge on any atom is 0.319 e. The summed E-state index contributed by atoms with van der Waals surface area (Å²) in [5, 5.41) is 0. The lowest BCUT2D eigenvalue weighted by Crippen LogP contribution is -2.26. The molecule has 88 valence electrons. The number of aromatic nitrogens is 2. The van der Waals surface area contributed by atoms with Crippen molar-refractivity contribution in [1.29, 1.82) is 0 Å². The molecule has 0 atom stereocenters. The number of nitrogens with two attached hydrogens (primary N) is 1. The highest BCUT2D eigenvalue weighted by molar-refractivity contribution is 9.10. The molecule has 0 radical (unpaired) electrons. The Kier molecular flexibility index (Phi) is 3.60. The molecule has 5 nitrogen and oxygen atoms in total. The van der Waals surface area contributed by atoms with Crippen LogP contribution in [0.2, 0.25) is 0 Å². The van der Waals surface area contributed by atoms with Gasteiger partial charge >= 0.3 is 6.01 Å². The summed E-state index contributed by atoms with van der Waals surface area (Å²) >= 11 is 3.25. The van der Waals surface area contributed by atoms with Crippen LogP contribution in [-0.2, 0) is 0 Å². The molecular weight excluding hydrogens is 272 g/mol. The minimum Gasteiger partial charge on any atom is -0.462 e. The van der Waals surface area contributed by atoms with E-state index in [9.17, 15) is 0 Å². The van der Waals surface area contributed by atoms with Gasteiger partial charge in [-0.3, -0.25) is 0 Å². The number of rotatable bonds is 5. The van der Waals surface area contributed by atoms with E-state index < -0.39 is 0 Å². The second-order valence-electron chi connectivity index (χ2n) is 3.96. The number of likely N-dealkylation sites (N-methyl/N-ethyl adjacent to an activating group) is 1. The van der Waals surface area contributed by atoms with E-state index in [1.165, 1.54) is 12.8 Å². The fraction of sp³-hybridized carbons (Fsp3) is 0.600. The third-order valence-electron chi connectivity index (χ3n) is 2.54. The second kappa shape index (κ2) is 4.97. The van der Waals surface area contributed by atoms with E-state index in [1.54, 1.807) is 6.07 Å². The maximum absolute atomic E-state index is 5.58. The average molecular weight is 287 g/mol. The molecule has 1 heterocycles. The summed E-state index contributed by atoms with van der Waals surface area (Å²) in [6, 6.07) is 2.72. The zero-order chi connectivity index (χ0) is 11.5. The van der Waals surface area contributed by atoms with Crippen molar-refractivity contribution in [3.63, 3.8) is 0 Å². The minimum absolute atomic E-state index is 0.330. The van der Waals surface area contributed by atoms with Crippen molar-refractivity contribution in [2.75, 3.05) is 25.9 Å². The van der Waals surface area contributed by atoms with Crippen molar-refractivity contribution in [3.05, 3.63) is 10.7 Å². The summed E-state index contributed by atoms with van der Waals surface area (Å²) in [6.45, 7) is 1.48. The van der Waals surface area contributed by atoms with Crippen LogP contribution in [0, 0.1) is 0 Å². The molecule has 0 spiro atoms. The summed E-state index contributed by atoms with van der Waals surface area (Å²) in [6.07, 6.45) is 2.60. The van der Waals surface area contributed by atoms with Crippen LogP contribution >= 0.6 is 15.9 Å². The first-order chi connectivity index (χ1) is 7.65. The molecule has 1 aromatic heterocycles. The summed E-state index contributed by atoms with van der Waals surface area (Å²) in [7, 11) is 2.11. The molecule has 2 rings (SSSR count). The van der Waals surface area contributed by atoms with Gasteiger partial charge < -0.3 is 15.4 Å². The predicted octanol–water partition coefficient (Wildman–Crippen LogP) is 1.29. The van der Waals surface area contributed by atoms with Crippen LogP contribution in [0.25, 0.3) is 0 Å².